The largest absolute Gasteiger partial charge is 0.307 e. The number of fused-ring (bicyclic) bond motifs is 3. The van der Waals surface area contributed by atoms with Crippen LogP contribution in [0.5, 0.6) is 0 Å². The molecule has 23 heavy (non-hydrogen) atoms. The smallest absolute Gasteiger partial charge is 0.258 e. The summed E-state index contributed by atoms with van der Waals surface area (Å²) in [7, 11) is 0. The molecule has 0 amide bonds. The molecule has 3 heteroatoms. The van der Waals surface area contributed by atoms with Crippen molar-refractivity contribution in [3.63, 3.8) is 0 Å². The molecule has 0 aliphatic carbocycles. The van der Waals surface area contributed by atoms with Crippen LogP contribution in [-0.4, -0.2) is 4.57 Å². The standard InChI is InChI=1S/C20H15ClNO/c1-13-11-18(14-5-3-2-4-6-14)20(23)22-10-9-15-7-8-16(21)12-17(15)19(13)22/h2-8,11-12H,1,9-10H2. The second kappa shape index (κ2) is 5.39. The van der Waals surface area contributed by atoms with Gasteiger partial charge in [0.15, 0.2) is 0 Å². The van der Waals surface area contributed by atoms with Crippen LogP contribution in [0.15, 0.2) is 59.4 Å². The van der Waals surface area contributed by atoms with Crippen molar-refractivity contribution in [2.45, 2.75) is 13.0 Å². The van der Waals surface area contributed by atoms with Crippen LogP contribution in [0, 0.1) is 6.92 Å². The van der Waals surface area contributed by atoms with E-state index in [0.29, 0.717) is 17.1 Å². The van der Waals surface area contributed by atoms with Gasteiger partial charge in [-0.3, -0.25) is 4.79 Å². The van der Waals surface area contributed by atoms with Gasteiger partial charge in [0.2, 0.25) is 0 Å². The highest BCUT2D eigenvalue weighted by Gasteiger charge is 2.21. The fourth-order valence-corrected chi connectivity index (χ4v) is 3.47. The van der Waals surface area contributed by atoms with Gasteiger partial charge in [-0.2, -0.15) is 0 Å². The van der Waals surface area contributed by atoms with Gasteiger partial charge >= 0.3 is 0 Å². The van der Waals surface area contributed by atoms with E-state index >= 15 is 0 Å². The van der Waals surface area contributed by atoms with E-state index in [1.165, 1.54) is 5.56 Å². The zero-order chi connectivity index (χ0) is 16.0. The Morgan fingerprint density at radius 3 is 2.57 bits per heavy atom. The topological polar surface area (TPSA) is 22.0 Å². The van der Waals surface area contributed by atoms with Gasteiger partial charge in [-0.05, 0) is 48.2 Å². The van der Waals surface area contributed by atoms with E-state index in [0.717, 1.165) is 28.8 Å². The van der Waals surface area contributed by atoms with Crippen LogP contribution in [0.1, 0.15) is 11.1 Å². The minimum atomic E-state index is 0.0317. The molecule has 0 saturated heterocycles. The summed E-state index contributed by atoms with van der Waals surface area (Å²) in [5, 5.41) is 0.677. The summed E-state index contributed by atoms with van der Waals surface area (Å²) in [5.74, 6) is 0. The lowest BCUT2D eigenvalue weighted by Gasteiger charge is -2.24. The van der Waals surface area contributed by atoms with E-state index in [2.05, 4.69) is 6.92 Å². The van der Waals surface area contributed by atoms with Gasteiger partial charge in [0.1, 0.15) is 0 Å². The van der Waals surface area contributed by atoms with E-state index < -0.39 is 0 Å². The summed E-state index contributed by atoms with van der Waals surface area (Å²) in [6.07, 6.45) is 0.830. The molecule has 1 aliphatic rings. The summed E-state index contributed by atoms with van der Waals surface area (Å²) in [5.41, 5.74) is 5.63. The first kappa shape index (κ1) is 14.3. The van der Waals surface area contributed by atoms with Crippen LogP contribution < -0.4 is 5.56 Å². The molecule has 2 nitrogen and oxygen atoms in total. The summed E-state index contributed by atoms with van der Waals surface area (Å²) < 4.78 is 1.84. The van der Waals surface area contributed by atoms with Crippen molar-refractivity contribution in [2.24, 2.45) is 0 Å². The third-order valence-electron chi connectivity index (χ3n) is 4.38. The maximum absolute atomic E-state index is 13.0. The maximum Gasteiger partial charge on any atom is 0.258 e. The first-order valence-corrected chi connectivity index (χ1v) is 7.97. The molecule has 0 atom stereocenters. The first-order valence-electron chi connectivity index (χ1n) is 7.59. The molecule has 113 valence electrons. The summed E-state index contributed by atoms with van der Waals surface area (Å²) >= 11 is 6.15. The maximum atomic E-state index is 13.0. The molecular formula is C20H15ClNO. The van der Waals surface area contributed by atoms with Crippen LogP contribution in [0.4, 0.5) is 0 Å². The number of aryl methyl sites for hydroxylation is 1. The normalized spacial score (nSPS) is 12.6. The molecular weight excluding hydrogens is 306 g/mol. The molecule has 1 radical (unpaired) electrons. The van der Waals surface area contributed by atoms with Gasteiger partial charge in [0, 0.05) is 22.7 Å². The van der Waals surface area contributed by atoms with Crippen LogP contribution in [0.2, 0.25) is 5.02 Å². The Balaban J connectivity index is 2.00. The summed E-state index contributed by atoms with van der Waals surface area (Å²) in [4.78, 5) is 13.0. The van der Waals surface area contributed by atoms with E-state index in [-0.39, 0.29) is 5.56 Å². The molecule has 0 unspecified atom stereocenters. The molecule has 1 aromatic heterocycles. The molecule has 0 saturated carbocycles. The molecule has 0 spiro atoms. The number of hydrogen-bond acceptors (Lipinski definition) is 1. The number of halogens is 1. The monoisotopic (exact) mass is 320 g/mol. The second-order valence-corrected chi connectivity index (χ2v) is 6.24. The van der Waals surface area contributed by atoms with Crippen molar-refractivity contribution in [3.8, 4) is 22.4 Å². The average Bonchev–Trinajstić information content (AvgIpc) is 2.58. The van der Waals surface area contributed by atoms with Gasteiger partial charge in [0.05, 0.1) is 5.69 Å². The van der Waals surface area contributed by atoms with Gasteiger partial charge in [-0.15, -0.1) is 0 Å². The predicted molar refractivity (Wildman–Crippen MR) is 94.7 cm³/mol. The van der Waals surface area contributed by atoms with Gasteiger partial charge in [-0.1, -0.05) is 48.0 Å². The molecule has 1 aliphatic heterocycles. The van der Waals surface area contributed by atoms with Gasteiger partial charge in [-0.25, -0.2) is 0 Å². The van der Waals surface area contributed by atoms with Crippen LogP contribution >= 0.6 is 11.6 Å². The van der Waals surface area contributed by atoms with Gasteiger partial charge < -0.3 is 4.57 Å². The Morgan fingerprint density at radius 1 is 1.00 bits per heavy atom. The van der Waals surface area contributed by atoms with Crippen LogP contribution in [0.3, 0.4) is 0 Å². The lowest BCUT2D eigenvalue weighted by molar-refractivity contribution is 0.659. The van der Waals surface area contributed by atoms with E-state index in [4.69, 9.17) is 11.6 Å². The fourth-order valence-electron chi connectivity index (χ4n) is 3.30. The molecule has 2 heterocycles. The number of aromatic nitrogens is 1. The third kappa shape index (κ3) is 2.30. The Labute approximate surface area is 140 Å². The lowest BCUT2D eigenvalue weighted by Crippen LogP contribution is -2.28. The van der Waals surface area contributed by atoms with Crippen molar-refractivity contribution < 1.29 is 0 Å². The molecule has 2 aromatic carbocycles. The van der Waals surface area contributed by atoms with Gasteiger partial charge in [0.25, 0.3) is 5.56 Å². The number of hydrogen-bond donors (Lipinski definition) is 0. The highest BCUT2D eigenvalue weighted by molar-refractivity contribution is 6.30. The zero-order valence-corrected chi connectivity index (χ0v) is 13.3. The molecule has 3 aromatic rings. The van der Waals surface area contributed by atoms with Crippen molar-refractivity contribution in [3.05, 3.63) is 88.0 Å². The number of benzene rings is 2. The summed E-state index contributed by atoms with van der Waals surface area (Å²) in [6.45, 7) is 4.86. The minimum absolute atomic E-state index is 0.0317. The van der Waals surface area contributed by atoms with E-state index in [9.17, 15) is 4.79 Å². The minimum Gasteiger partial charge on any atom is -0.307 e. The van der Waals surface area contributed by atoms with Crippen molar-refractivity contribution in [1.29, 1.82) is 0 Å². The molecule has 0 bridgehead atoms. The number of rotatable bonds is 1. The number of nitrogens with zero attached hydrogens (tertiary/aromatic N) is 1. The van der Waals surface area contributed by atoms with E-state index in [1.54, 1.807) is 0 Å². The van der Waals surface area contributed by atoms with Crippen molar-refractivity contribution in [1.82, 2.24) is 4.57 Å². The predicted octanol–water partition coefficient (Wildman–Crippen LogP) is 4.57. The van der Waals surface area contributed by atoms with E-state index in [1.807, 2.05) is 59.2 Å². The average molecular weight is 321 g/mol. The third-order valence-corrected chi connectivity index (χ3v) is 4.62. The Bertz CT molecular complexity index is 957. The Morgan fingerprint density at radius 2 is 1.78 bits per heavy atom. The molecule has 0 fully saturated rings. The van der Waals surface area contributed by atoms with Crippen molar-refractivity contribution >= 4 is 11.6 Å². The fraction of sp³-hybridized carbons (Fsp3) is 0.100. The molecule has 4 rings (SSSR count). The lowest BCUT2D eigenvalue weighted by atomic mass is 9.93. The first-order chi connectivity index (χ1) is 11.1. The second-order valence-electron chi connectivity index (χ2n) is 5.81. The Kier molecular flexibility index (Phi) is 3.35. The zero-order valence-electron chi connectivity index (χ0n) is 12.6. The Hall–Kier alpha value is -2.32. The molecule has 0 N–H and O–H groups in total. The highest BCUT2D eigenvalue weighted by atomic mass is 35.5. The van der Waals surface area contributed by atoms with Crippen LogP contribution in [-0.2, 0) is 13.0 Å². The number of pyridine rings is 1. The van der Waals surface area contributed by atoms with Crippen molar-refractivity contribution in [2.75, 3.05) is 0 Å². The quantitative estimate of drug-likeness (QED) is 0.643. The van der Waals surface area contributed by atoms with Crippen LogP contribution in [0.25, 0.3) is 22.4 Å². The SMILES string of the molecule is [CH2]c1cc(-c2ccccc2)c(=O)n2c1-c1cc(Cl)ccc1CC2. The summed E-state index contributed by atoms with van der Waals surface area (Å²) in [6, 6.07) is 17.5. The highest BCUT2D eigenvalue weighted by Crippen LogP contribution is 2.34.